The predicted molar refractivity (Wildman–Crippen MR) is 139 cm³/mol. The Morgan fingerprint density at radius 2 is 1.82 bits per heavy atom. The third-order valence-corrected chi connectivity index (χ3v) is 6.47. The standard InChI is InChI=1S/C26H32ClFN4O6/c1-16-12-32(17(2)11-31(16)13-18-4-7-20(28)8-5-18)24(34)15-38-23-9-6-19(27)10-21(23)29-30-25(26(35)36)22(33)14-37-3/h4-10,16-17,25,29-30H,11-15H2,1-3H3,(H,35,36)/t16-,17+,25?/m0/s1. The second kappa shape index (κ2) is 13.5. The molecule has 1 aliphatic rings. The lowest BCUT2D eigenvalue weighted by Gasteiger charge is -2.44. The van der Waals surface area contributed by atoms with E-state index in [9.17, 15) is 23.9 Å². The Labute approximate surface area is 225 Å². The van der Waals surface area contributed by atoms with Crippen molar-refractivity contribution >= 4 is 34.9 Å². The smallest absolute Gasteiger partial charge is 0.330 e. The summed E-state index contributed by atoms with van der Waals surface area (Å²) < 4.78 is 23.7. The number of carboxylic acid groups (broad SMARTS) is 1. The minimum absolute atomic E-state index is 0.0737. The van der Waals surface area contributed by atoms with Crippen molar-refractivity contribution in [1.82, 2.24) is 15.2 Å². The molecule has 10 nitrogen and oxygen atoms in total. The number of methoxy groups -OCH3 is 1. The number of carbonyl (C=O) groups is 3. The minimum atomic E-state index is -1.57. The molecule has 1 heterocycles. The van der Waals surface area contributed by atoms with Crippen molar-refractivity contribution in [3.63, 3.8) is 0 Å². The van der Waals surface area contributed by atoms with Gasteiger partial charge in [-0.1, -0.05) is 23.7 Å². The molecule has 1 amide bonds. The zero-order valence-electron chi connectivity index (χ0n) is 21.4. The lowest BCUT2D eigenvalue weighted by atomic mass is 10.1. The summed E-state index contributed by atoms with van der Waals surface area (Å²) in [5.41, 5.74) is 6.35. The summed E-state index contributed by atoms with van der Waals surface area (Å²) in [4.78, 5) is 40.6. The number of hydrogen-bond donors (Lipinski definition) is 3. The van der Waals surface area contributed by atoms with Crippen LogP contribution in [0.25, 0.3) is 0 Å². The van der Waals surface area contributed by atoms with Crippen LogP contribution in [0.3, 0.4) is 0 Å². The van der Waals surface area contributed by atoms with E-state index in [0.29, 0.717) is 24.7 Å². The van der Waals surface area contributed by atoms with Gasteiger partial charge in [0.1, 0.15) is 18.2 Å². The number of carbonyl (C=O) groups excluding carboxylic acids is 2. The Kier molecular flexibility index (Phi) is 10.4. The average Bonchev–Trinajstić information content (AvgIpc) is 2.86. The van der Waals surface area contributed by atoms with Crippen molar-refractivity contribution in [3.8, 4) is 5.75 Å². The summed E-state index contributed by atoms with van der Waals surface area (Å²) in [7, 11) is 1.29. The van der Waals surface area contributed by atoms with Crippen molar-refractivity contribution in [2.75, 3.05) is 38.8 Å². The fraction of sp³-hybridized carbons (Fsp3) is 0.423. The number of benzene rings is 2. The van der Waals surface area contributed by atoms with E-state index >= 15 is 0 Å². The number of aliphatic carboxylic acids is 1. The van der Waals surface area contributed by atoms with Gasteiger partial charge in [-0.25, -0.2) is 14.6 Å². The highest BCUT2D eigenvalue weighted by Gasteiger charge is 2.32. The largest absolute Gasteiger partial charge is 0.482 e. The van der Waals surface area contributed by atoms with Crippen LogP contribution in [0, 0.1) is 5.82 Å². The maximum Gasteiger partial charge on any atom is 0.330 e. The zero-order valence-corrected chi connectivity index (χ0v) is 22.2. The molecule has 2 aromatic carbocycles. The maximum atomic E-state index is 13.2. The molecule has 3 rings (SSSR count). The van der Waals surface area contributed by atoms with E-state index in [1.807, 2.05) is 13.8 Å². The number of Topliss-reactive ketones (excluding diaryl/α,β-unsaturated/α-hetero) is 1. The first-order valence-electron chi connectivity index (χ1n) is 12.0. The number of ether oxygens (including phenoxy) is 2. The summed E-state index contributed by atoms with van der Waals surface area (Å²) in [5.74, 6) is -2.32. The van der Waals surface area contributed by atoms with E-state index in [-0.39, 0.29) is 48.5 Å². The highest BCUT2D eigenvalue weighted by molar-refractivity contribution is 6.30. The van der Waals surface area contributed by atoms with Crippen LogP contribution in [-0.2, 0) is 25.7 Å². The van der Waals surface area contributed by atoms with E-state index in [0.717, 1.165) is 5.56 Å². The fourth-order valence-corrected chi connectivity index (χ4v) is 4.37. The van der Waals surface area contributed by atoms with Crippen molar-refractivity contribution in [2.24, 2.45) is 0 Å². The van der Waals surface area contributed by atoms with E-state index in [1.54, 1.807) is 29.2 Å². The lowest BCUT2D eigenvalue weighted by molar-refractivity contribution is -0.144. The van der Waals surface area contributed by atoms with Gasteiger partial charge in [0.15, 0.2) is 18.4 Å². The Hall–Kier alpha value is -3.25. The number of halogens is 2. The van der Waals surface area contributed by atoms with Crippen molar-refractivity contribution < 1.29 is 33.4 Å². The van der Waals surface area contributed by atoms with Crippen LogP contribution in [0.1, 0.15) is 19.4 Å². The Bertz CT molecular complexity index is 1140. The van der Waals surface area contributed by atoms with E-state index in [1.165, 1.54) is 25.3 Å². The Balaban J connectivity index is 1.60. The van der Waals surface area contributed by atoms with Crippen LogP contribution >= 0.6 is 11.6 Å². The fourth-order valence-electron chi connectivity index (χ4n) is 4.19. The topological polar surface area (TPSA) is 120 Å². The molecule has 1 aliphatic heterocycles. The van der Waals surface area contributed by atoms with Crippen LogP contribution in [0.15, 0.2) is 42.5 Å². The number of piperazine rings is 1. The van der Waals surface area contributed by atoms with Crippen LogP contribution in [0.4, 0.5) is 10.1 Å². The van der Waals surface area contributed by atoms with Gasteiger partial charge in [0.25, 0.3) is 5.91 Å². The van der Waals surface area contributed by atoms with Crippen LogP contribution in [0.2, 0.25) is 5.02 Å². The number of ketones is 1. The van der Waals surface area contributed by atoms with Gasteiger partial charge in [-0.2, -0.15) is 0 Å². The molecular weight excluding hydrogens is 519 g/mol. The number of carboxylic acids is 1. The summed E-state index contributed by atoms with van der Waals surface area (Å²) in [6, 6.07) is 9.42. The first kappa shape index (κ1) is 29.3. The van der Waals surface area contributed by atoms with Crippen LogP contribution in [-0.4, -0.2) is 84.1 Å². The molecular formula is C26H32ClFN4O6. The number of rotatable bonds is 12. The number of nitrogens with one attached hydrogen (secondary N) is 2. The summed E-state index contributed by atoms with van der Waals surface area (Å²) in [6.45, 7) is 5.16. The minimum Gasteiger partial charge on any atom is -0.482 e. The van der Waals surface area contributed by atoms with E-state index < -0.39 is 17.8 Å². The Morgan fingerprint density at radius 3 is 2.47 bits per heavy atom. The molecule has 1 fully saturated rings. The van der Waals surface area contributed by atoms with E-state index in [2.05, 4.69) is 15.8 Å². The highest BCUT2D eigenvalue weighted by Crippen LogP contribution is 2.28. The number of hydrazine groups is 1. The lowest BCUT2D eigenvalue weighted by Crippen LogP contribution is -2.58. The van der Waals surface area contributed by atoms with Gasteiger partial charge in [0.2, 0.25) is 0 Å². The summed E-state index contributed by atoms with van der Waals surface area (Å²) in [5, 5.41) is 9.68. The maximum absolute atomic E-state index is 13.2. The van der Waals surface area contributed by atoms with Crippen LogP contribution in [0.5, 0.6) is 5.75 Å². The molecule has 0 aliphatic carbocycles. The van der Waals surface area contributed by atoms with Crippen molar-refractivity contribution in [2.45, 2.75) is 38.5 Å². The molecule has 1 saturated heterocycles. The molecule has 0 radical (unpaired) electrons. The normalized spacial score (nSPS) is 18.6. The van der Waals surface area contributed by atoms with Crippen LogP contribution < -0.4 is 15.6 Å². The third-order valence-electron chi connectivity index (χ3n) is 6.23. The molecule has 38 heavy (non-hydrogen) atoms. The number of amides is 1. The first-order valence-corrected chi connectivity index (χ1v) is 12.4. The molecule has 3 N–H and O–H groups in total. The highest BCUT2D eigenvalue weighted by atomic mass is 35.5. The Morgan fingerprint density at radius 1 is 1.11 bits per heavy atom. The first-order chi connectivity index (χ1) is 18.1. The summed E-state index contributed by atoms with van der Waals surface area (Å²) in [6.07, 6.45) is 0. The third kappa shape index (κ3) is 7.87. The monoisotopic (exact) mass is 550 g/mol. The zero-order chi connectivity index (χ0) is 27.8. The number of anilines is 1. The number of nitrogens with zero attached hydrogens (tertiary/aromatic N) is 2. The molecule has 206 valence electrons. The van der Waals surface area contributed by atoms with Gasteiger partial charge in [0.05, 0.1) is 5.69 Å². The molecule has 3 atom stereocenters. The van der Waals surface area contributed by atoms with Gasteiger partial charge < -0.3 is 24.9 Å². The van der Waals surface area contributed by atoms with Gasteiger partial charge in [-0.3, -0.25) is 14.5 Å². The SMILES string of the molecule is COCC(=O)C(NNc1cc(Cl)ccc1OCC(=O)N1C[C@H](C)N(Cc2ccc(F)cc2)C[C@H]1C)C(=O)O. The molecule has 0 spiro atoms. The van der Waals surface area contributed by atoms with Gasteiger partial charge >= 0.3 is 5.97 Å². The van der Waals surface area contributed by atoms with Gasteiger partial charge in [0, 0.05) is 43.9 Å². The molecule has 0 aromatic heterocycles. The molecule has 0 saturated carbocycles. The number of hydrogen-bond acceptors (Lipinski definition) is 8. The molecule has 2 aromatic rings. The van der Waals surface area contributed by atoms with Gasteiger partial charge in [-0.15, -0.1) is 0 Å². The van der Waals surface area contributed by atoms with E-state index in [4.69, 9.17) is 21.1 Å². The van der Waals surface area contributed by atoms with Gasteiger partial charge in [-0.05, 0) is 49.7 Å². The second-order valence-electron chi connectivity index (χ2n) is 9.17. The quantitative estimate of drug-likeness (QED) is 0.270. The van der Waals surface area contributed by atoms with Crippen molar-refractivity contribution in [1.29, 1.82) is 0 Å². The molecule has 12 heteroatoms. The predicted octanol–water partition coefficient (Wildman–Crippen LogP) is 2.56. The average molecular weight is 551 g/mol. The summed E-state index contributed by atoms with van der Waals surface area (Å²) >= 11 is 6.08. The molecule has 0 bridgehead atoms. The second-order valence-corrected chi connectivity index (χ2v) is 9.61. The van der Waals surface area contributed by atoms with Crippen molar-refractivity contribution in [3.05, 3.63) is 58.9 Å². The molecule has 1 unspecified atom stereocenters.